The lowest BCUT2D eigenvalue weighted by atomic mass is 10.1. The van der Waals surface area contributed by atoms with Gasteiger partial charge in [0, 0.05) is 36.1 Å². The van der Waals surface area contributed by atoms with Crippen LogP contribution in [0.4, 0.5) is 0 Å². The van der Waals surface area contributed by atoms with Crippen LogP contribution in [-0.4, -0.2) is 95.6 Å². The van der Waals surface area contributed by atoms with Gasteiger partial charge in [-0.05, 0) is 11.6 Å². The molecule has 0 saturated carbocycles. The second-order valence-electron chi connectivity index (χ2n) is 7.44. The van der Waals surface area contributed by atoms with Gasteiger partial charge in [-0.3, -0.25) is 19.2 Å². The molecule has 0 saturated heterocycles. The summed E-state index contributed by atoms with van der Waals surface area (Å²) in [6, 6.07) is 4.93. The van der Waals surface area contributed by atoms with Gasteiger partial charge in [0.15, 0.2) is 0 Å². The van der Waals surface area contributed by atoms with E-state index >= 15 is 0 Å². The highest BCUT2D eigenvalue weighted by Crippen LogP contribution is 2.18. The number of nitrogens with one attached hydrogen (secondary N) is 2. The fourth-order valence-electron chi connectivity index (χ4n) is 2.42. The smallest absolute Gasteiger partial charge is 0.322 e. The number of nitrogens with zero attached hydrogens (tertiary/aromatic N) is 1. The Morgan fingerprint density at radius 3 is 1.79 bits per heavy atom. The molecule has 0 amide bonds. The number of para-hydroxylation sites is 1. The maximum atomic E-state index is 10.6. The maximum absolute atomic E-state index is 10.6. The Bertz CT molecular complexity index is 1140. The summed E-state index contributed by atoms with van der Waals surface area (Å²) in [5.41, 5.74) is 22.7. The summed E-state index contributed by atoms with van der Waals surface area (Å²) in [5.74, 6) is -4.12. The molecule has 3 atom stereocenters. The Morgan fingerprint density at radius 1 is 0.842 bits per heavy atom. The van der Waals surface area contributed by atoms with E-state index in [1.807, 2.05) is 30.5 Å². The molecule has 0 bridgehead atoms. The number of H-pyrrole nitrogens is 2. The van der Waals surface area contributed by atoms with Gasteiger partial charge in [-0.25, -0.2) is 4.98 Å². The molecule has 0 radical (unpaired) electrons. The average molecular weight is 540 g/mol. The third kappa shape index (κ3) is 13.7. The number of fused-ring (bicyclic) bond motifs is 1. The predicted molar refractivity (Wildman–Crippen MR) is 135 cm³/mol. The summed E-state index contributed by atoms with van der Waals surface area (Å²) in [4.78, 5) is 49.4. The molecular weight excluding hydrogens is 506 g/mol. The topological polar surface area (TPSA) is 318 Å². The number of carboxylic acids is 4. The van der Waals surface area contributed by atoms with Crippen LogP contribution in [0.25, 0.3) is 10.9 Å². The van der Waals surface area contributed by atoms with E-state index in [2.05, 4.69) is 20.7 Å². The Kier molecular flexibility index (Phi) is 15.9. The van der Waals surface area contributed by atoms with Crippen LogP contribution in [0.2, 0.25) is 0 Å². The van der Waals surface area contributed by atoms with Gasteiger partial charge in [-0.15, -0.1) is 0 Å². The minimum Gasteiger partial charge on any atom is -0.480 e. The molecule has 0 aliphatic carbocycles. The first kappa shape index (κ1) is 33.7. The van der Waals surface area contributed by atoms with Gasteiger partial charge in [0.2, 0.25) is 0 Å². The molecule has 1 aromatic carbocycles. The second kappa shape index (κ2) is 18.0. The van der Waals surface area contributed by atoms with Gasteiger partial charge in [0.25, 0.3) is 0 Å². The van der Waals surface area contributed by atoms with Crippen molar-refractivity contribution in [2.45, 2.75) is 31.0 Å². The molecule has 0 aliphatic rings. The molecule has 38 heavy (non-hydrogen) atoms. The maximum Gasteiger partial charge on any atom is 0.322 e. The number of hydrogen-bond donors (Lipinski definition) is 11. The van der Waals surface area contributed by atoms with Crippen LogP contribution in [0.15, 0.2) is 43.0 Å². The van der Waals surface area contributed by atoms with E-state index in [1.165, 1.54) is 6.33 Å². The Labute approximate surface area is 216 Å². The first-order valence-electron chi connectivity index (χ1n) is 10.8. The number of imidazole rings is 1. The van der Waals surface area contributed by atoms with Crippen molar-refractivity contribution in [1.82, 2.24) is 15.0 Å². The summed E-state index contributed by atoms with van der Waals surface area (Å²) in [6.45, 7) is -0.782. The SMILES string of the molecule is NC(CO)C(=O)O.NC(Cc1c[nH]c2ccccc12)C(=O)O.NC(Cc1c[nH]cn1)C(=O)O.NCC(=O)O. The summed E-state index contributed by atoms with van der Waals surface area (Å²) in [5, 5.41) is 41.7. The molecule has 3 unspecified atom stereocenters. The van der Waals surface area contributed by atoms with Crippen LogP contribution in [-0.2, 0) is 32.0 Å². The third-order valence-electron chi connectivity index (χ3n) is 4.42. The minimum atomic E-state index is -1.18. The molecule has 2 aromatic heterocycles. The van der Waals surface area contributed by atoms with Gasteiger partial charge in [-0.2, -0.15) is 0 Å². The predicted octanol–water partition coefficient (Wildman–Crippen LogP) is -2.09. The second-order valence-corrected chi connectivity index (χ2v) is 7.44. The summed E-state index contributed by atoms with van der Waals surface area (Å²) in [7, 11) is 0. The number of aliphatic hydroxyl groups excluding tert-OH is 1. The van der Waals surface area contributed by atoms with Crippen LogP contribution >= 0.6 is 0 Å². The fourth-order valence-corrected chi connectivity index (χ4v) is 2.42. The number of hydrogen-bond acceptors (Lipinski definition) is 10. The Hall–Kier alpha value is -4.35. The van der Waals surface area contributed by atoms with Crippen molar-refractivity contribution in [3.63, 3.8) is 0 Å². The van der Waals surface area contributed by atoms with E-state index in [9.17, 15) is 19.2 Å². The molecule has 0 aliphatic heterocycles. The molecule has 0 spiro atoms. The van der Waals surface area contributed by atoms with Crippen molar-refractivity contribution < 1.29 is 44.7 Å². The first-order valence-corrected chi connectivity index (χ1v) is 10.8. The molecule has 2 heterocycles. The molecule has 16 heteroatoms. The van der Waals surface area contributed by atoms with Crippen LogP contribution in [0.1, 0.15) is 11.3 Å². The quantitative estimate of drug-likeness (QED) is 0.139. The van der Waals surface area contributed by atoms with Gasteiger partial charge in [0.05, 0.1) is 25.2 Å². The van der Waals surface area contributed by atoms with Crippen molar-refractivity contribution in [3.05, 3.63) is 54.2 Å². The van der Waals surface area contributed by atoms with Crippen molar-refractivity contribution in [1.29, 1.82) is 0 Å². The van der Waals surface area contributed by atoms with E-state index in [0.717, 1.165) is 16.5 Å². The van der Waals surface area contributed by atoms with Gasteiger partial charge in [-0.1, -0.05) is 18.2 Å². The van der Waals surface area contributed by atoms with Crippen molar-refractivity contribution in [3.8, 4) is 0 Å². The fraction of sp³-hybridized carbons (Fsp3) is 0.318. The molecule has 16 nitrogen and oxygen atoms in total. The molecule has 210 valence electrons. The monoisotopic (exact) mass is 539 g/mol. The minimum absolute atomic E-state index is 0.263. The van der Waals surface area contributed by atoms with Gasteiger partial charge >= 0.3 is 23.9 Å². The summed E-state index contributed by atoms with van der Waals surface area (Å²) >= 11 is 0. The van der Waals surface area contributed by atoms with Crippen LogP contribution in [0, 0.1) is 0 Å². The molecule has 3 rings (SSSR count). The van der Waals surface area contributed by atoms with Gasteiger partial charge in [0.1, 0.15) is 18.1 Å². The zero-order valence-corrected chi connectivity index (χ0v) is 20.2. The lowest BCUT2D eigenvalue weighted by Gasteiger charge is -2.04. The van der Waals surface area contributed by atoms with Crippen LogP contribution < -0.4 is 22.9 Å². The number of nitrogens with two attached hydrogens (primary N) is 4. The third-order valence-corrected chi connectivity index (χ3v) is 4.42. The molecular formula is C22H33N7O9. The normalized spacial score (nSPS) is 12.2. The molecule has 3 aromatic rings. The number of carbonyl (C=O) groups is 4. The van der Waals surface area contributed by atoms with E-state index in [4.69, 9.17) is 42.7 Å². The number of aromatic amines is 2. The zero-order valence-electron chi connectivity index (χ0n) is 20.2. The number of aliphatic carboxylic acids is 4. The van der Waals surface area contributed by atoms with Gasteiger partial charge < -0.3 is 58.4 Å². The number of aromatic nitrogens is 3. The van der Waals surface area contributed by atoms with Crippen molar-refractivity contribution in [2.24, 2.45) is 22.9 Å². The Balaban J connectivity index is 0.000000525. The summed E-state index contributed by atoms with van der Waals surface area (Å²) in [6.07, 6.45) is 5.54. The highest BCUT2D eigenvalue weighted by atomic mass is 16.4. The average Bonchev–Trinajstić information content (AvgIpc) is 3.54. The number of carboxylic acid groups (broad SMARTS) is 4. The van der Waals surface area contributed by atoms with Crippen LogP contribution in [0.5, 0.6) is 0 Å². The van der Waals surface area contributed by atoms with Crippen molar-refractivity contribution in [2.75, 3.05) is 13.2 Å². The van der Waals surface area contributed by atoms with E-state index in [-0.39, 0.29) is 13.0 Å². The summed E-state index contributed by atoms with van der Waals surface area (Å²) < 4.78 is 0. The number of rotatable bonds is 9. The van der Waals surface area contributed by atoms with E-state index in [1.54, 1.807) is 6.20 Å². The van der Waals surface area contributed by atoms with E-state index < -0.39 is 48.6 Å². The molecule has 15 N–H and O–H groups in total. The largest absolute Gasteiger partial charge is 0.480 e. The van der Waals surface area contributed by atoms with Crippen LogP contribution in [0.3, 0.4) is 0 Å². The first-order chi connectivity index (χ1) is 17.8. The lowest BCUT2D eigenvalue weighted by Crippen LogP contribution is -2.33. The standard InChI is InChI=1S/C11H12N2O2.C6H9N3O2.C3H7NO3.C2H5NO2/c12-9(11(14)15)5-7-6-13-10-4-2-1-3-8(7)10;7-5(6(10)11)1-4-2-8-3-9-4;4-2(1-5)3(6)7;3-1-2(4)5/h1-4,6,9,13H,5,12H2,(H,14,15);2-3,5H,1,7H2,(H,8,9)(H,10,11);2,5H,1,4H2,(H,6,7);1,3H2,(H,4,5). The zero-order chi connectivity index (χ0) is 29.3. The highest BCUT2D eigenvalue weighted by molar-refractivity contribution is 5.84. The van der Waals surface area contributed by atoms with E-state index in [0.29, 0.717) is 12.1 Å². The number of benzene rings is 1. The number of aliphatic hydroxyl groups is 1. The molecule has 0 fully saturated rings. The lowest BCUT2D eigenvalue weighted by molar-refractivity contribution is -0.140. The highest BCUT2D eigenvalue weighted by Gasteiger charge is 2.14. The Morgan fingerprint density at radius 2 is 1.37 bits per heavy atom. The van der Waals surface area contributed by atoms with Crippen molar-refractivity contribution >= 4 is 34.8 Å².